The maximum absolute atomic E-state index is 13.0. The van der Waals surface area contributed by atoms with Gasteiger partial charge in [-0.3, -0.25) is 9.59 Å². The van der Waals surface area contributed by atoms with Crippen molar-refractivity contribution in [1.29, 1.82) is 0 Å². The number of benzene rings is 1. The first-order valence-corrected chi connectivity index (χ1v) is 8.80. The summed E-state index contributed by atoms with van der Waals surface area (Å²) in [6.07, 6.45) is 3.11. The van der Waals surface area contributed by atoms with Crippen LogP contribution in [0.1, 0.15) is 24.1 Å². The molecule has 6 heteroatoms. The fourth-order valence-corrected chi connectivity index (χ4v) is 3.62. The normalized spacial score (nSPS) is 14.6. The van der Waals surface area contributed by atoms with E-state index in [2.05, 4.69) is 0 Å². The average molecular weight is 346 g/mol. The number of carbonyl (C=O) groups is 1. The lowest BCUT2D eigenvalue weighted by Gasteiger charge is -2.27. The Kier molecular flexibility index (Phi) is 4.94. The van der Waals surface area contributed by atoms with E-state index in [9.17, 15) is 14.0 Å². The van der Waals surface area contributed by atoms with E-state index in [4.69, 9.17) is 0 Å². The second kappa shape index (κ2) is 7.13. The Hall–Kier alpha value is -2.21. The second-order valence-electron chi connectivity index (χ2n) is 5.87. The minimum absolute atomic E-state index is 0.0163. The summed E-state index contributed by atoms with van der Waals surface area (Å²) in [6.45, 7) is 3.52. The van der Waals surface area contributed by atoms with Gasteiger partial charge in [-0.05, 0) is 36.6 Å². The minimum atomic E-state index is -0.245. The smallest absolute Gasteiger partial charge is 0.307 e. The highest BCUT2D eigenvalue weighted by Crippen LogP contribution is 2.22. The van der Waals surface area contributed by atoms with Crippen LogP contribution in [0.2, 0.25) is 0 Å². The summed E-state index contributed by atoms with van der Waals surface area (Å²) in [5.41, 5.74) is 3.04. The van der Waals surface area contributed by atoms with Crippen LogP contribution in [0.15, 0.2) is 40.5 Å². The monoisotopic (exact) mass is 346 g/mol. The lowest BCUT2D eigenvalue weighted by Crippen LogP contribution is -2.35. The molecule has 3 rings (SSSR count). The van der Waals surface area contributed by atoms with E-state index in [1.54, 1.807) is 21.6 Å². The van der Waals surface area contributed by atoms with Crippen molar-refractivity contribution in [2.24, 2.45) is 0 Å². The molecule has 2 heterocycles. The minimum Gasteiger partial charge on any atom is -0.339 e. The van der Waals surface area contributed by atoms with Crippen LogP contribution in [-0.4, -0.2) is 28.5 Å². The number of halogens is 1. The van der Waals surface area contributed by atoms with Gasteiger partial charge in [0.25, 0.3) is 0 Å². The van der Waals surface area contributed by atoms with Crippen molar-refractivity contribution in [3.63, 3.8) is 0 Å². The summed E-state index contributed by atoms with van der Waals surface area (Å²) in [7, 11) is 0. The first-order valence-electron chi connectivity index (χ1n) is 7.92. The number of amides is 1. The molecule has 0 saturated carbocycles. The van der Waals surface area contributed by atoms with Crippen molar-refractivity contribution in [2.75, 3.05) is 13.1 Å². The van der Waals surface area contributed by atoms with Gasteiger partial charge >= 0.3 is 4.87 Å². The van der Waals surface area contributed by atoms with Crippen molar-refractivity contribution in [3.05, 3.63) is 62.5 Å². The number of nitrogens with zero attached hydrogens (tertiary/aromatic N) is 2. The van der Waals surface area contributed by atoms with Crippen LogP contribution in [0.4, 0.5) is 4.39 Å². The molecule has 1 amide bonds. The third-order valence-corrected chi connectivity index (χ3v) is 5.18. The van der Waals surface area contributed by atoms with Gasteiger partial charge in [-0.2, -0.15) is 0 Å². The molecule has 1 aromatic heterocycles. The van der Waals surface area contributed by atoms with Crippen LogP contribution in [0.25, 0.3) is 5.57 Å². The zero-order chi connectivity index (χ0) is 17.1. The van der Waals surface area contributed by atoms with Crippen LogP contribution in [-0.2, 0) is 11.3 Å². The van der Waals surface area contributed by atoms with Crippen LogP contribution < -0.4 is 4.87 Å². The molecule has 0 N–H and O–H groups in total. The van der Waals surface area contributed by atoms with E-state index in [-0.39, 0.29) is 16.6 Å². The first kappa shape index (κ1) is 16.6. The summed E-state index contributed by atoms with van der Waals surface area (Å²) in [6, 6.07) is 6.44. The summed E-state index contributed by atoms with van der Waals surface area (Å²) in [4.78, 5) is 25.8. The molecule has 24 heavy (non-hydrogen) atoms. The molecule has 0 fully saturated rings. The molecule has 0 bridgehead atoms. The average Bonchev–Trinajstić information content (AvgIpc) is 2.92. The molecule has 0 atom stereocenters. The zero-order valence-corrected chi connectivity index (χ0v) is 14.3. The Labute approximate surface area is 143 Å². The number of aromatic nitrogens is 1. The molecule has 1 aliphatic rings. The maximum Gasteiger partial charge on any atom is 0.307 e. The third kappa shape index (κ3) is 3.64. The molecule has 4 nitrogen and oxygen atoms in total. The fraction of sp³-hybridized carbons (Fsp3) is 0.333. The van der Waals surface area contributed by atoms with Crippen LogP contribution in [0.5, 0.6) is 0 Å². The molecule has 0 unspecified atom stereocenters. The first-order chi connectivity index (χ1) is 11.5. The predicted octanol–water partition coefficient (Wildman–Crippen LogP) is 3.06. The molecule has 1 aromatic carbocycles. The molecule has 0 spiro atoms. The van der Waals surface area contributed by atoms with E-state index >= 15 is 0 Å². The molecular weight excluding hydrogens is 327 g/mol. The topological polar surface area (TPSA) is 42.3 Å². The lowest BCUT2D eigenvalue weighted by molar-refractivity contribution is -0.131. The molecular formula is C18H19FN2O2S. The number of thiazole rings is 1. The number of carbonyl (C=O) groups excluding carboxylic acids is 1. The van der Waals surface area contributed by atoms with Crippen molar-refractivity contribution >= 4 is 22.8 Å². The highest BCUT2D eigenvalue weighted by molar-refractivity contribution is 7.07. The van der Waals surface area contributed by atoms with Crippen molar-refractivity contribution in [3.8, 4) is 0 Å². The van der Waals surface area contributed by atoms with E-state index in [1.165, 1.54) is 12.1 Å². The standard InChI is InChI=1S/C18H19FN2O2S/c1-13-12-24-18(23)21(13)11-8-17(22)20-9-6-15(7-10-20)14-2-4-16(19)5-3-14/h2-6,12H,7-11H2,1H3. The SMILES string of the molecule is Cc1csc(=O)n1CCC(=O)N1CC=C(c2ccc(F)cc2)CC1. The lowest BCUT2D eigenvalue weighted by atomic mass is 9.99. The van der Waals surface area contributed by atoms with Gasteiger partial charge in [-0.15, -0.1) is 0 Å². The Morgan fingerprint density at radius 1 is 1.29 bits per heavy atom. The van der Waals surface area contributed by atoms with Gasteiger partial charge < -0.3 is 9.47 Å². The number of hydrogen-bond acceptors (Lipinski definition) is 3. The van der Waals surface area contributed by atoms with Crippen LogP contribution >= 0.6 is 11.3 Å². The second-order valence-corrected chi connectivity index (χ2v) is 6.69. The van der Waals surface area contributed by atoms with Crippen molar-refractivity contribution in [2.45, 2.75) is 26.3 Å². The Morgan fingerprint density at radius 2 is 2.04 bits per heavy atom. The zero-order valence-electron chi connectivity index (χ0n) is 13.5. The Bertz CT molecular complexity index is 820. The van der Waals surface area contributed by atoms with E-state index < -0.39 is 0 Å². The molecule has 2 aromatic rings. The van der Waals surface area contributed by atoms with Gasteiger partial charge in [0, 0.05) is 37.1 Å². The van der Waals surface area contributed by atoms with Crippen LogP contribution in [0.3, 0.4) is 0 Å². The Morgan fingerprint density at radius 3 is 2.62 bits per heavy atom. The molecule has 0 saturated heterocycles. The molecule has 0 radical (unpaired) electrons. The molecule has 126 valence electrons. The quantitative estimate of drug-likeness (QED) is 0.854. The highest BCUT2D eigenvalue weighted by Gasteiger charge is 2.18. The predicted molar refractivity (Wildman–Crippen MR) is 93.5 cm³/mol. The third-order valence-electron chi connectivity index (χ3n) is 4.30. The number of rotatable bonds is 4. The van der Waals surface area contributed by atoms with E-state index in [1.807, 2.05) is 18.4 Å². The summed E-state index contributed by atoms with van der Waals surface area (Å²) in [5.74, 6) is -0.187. The van der Waals surface area contributed by atoms with E-state index in [0.717, 1.165) is 34.6 Å². The van der Waals surface area contributed by atoms with Crippen molar-refractivity contribution in [1.82, 2.24) is 9.47 Å². The van der Waals surface area contributed by atoms with Gasteiger partial charge in [0.05, 0.1) is 0 Å². The highest BCUT2D eigenvalue weighted by atomic mass is 32.1. The Balaban J connectivity index is 1.58. The van der Waals surface area contributed by atoms with Gasteiger partial charge in [0.2, 0.25) is 5.91 Å². The van der Waals surface area contributed by atoms with Gasteiger partial charge in [-0.1, -0.05) is 29.5 Å². The largest absolute Gasteiger partial charge is 0.339 e. The summed E-state index contributed by atoms with van der Waals surface area (Å²) in [5, 5.41) is 1.81. The van der Waals surface area contributed by atoms with E-state index in [0.29, 0.717) is 26.1 Å². The summed E-state index contributed by atoms with van der Waals surface area (Å²) >= 11 is 1.16. The molecule has 0 aliphatic carbocycles. The van der Waals surface area contributed by atoms with Crippen molar-refractivity contribution < 1.29 is 9.18 Å². The van der Waals surface area contributed by atoms with Crippen LogP contribution in [0, 0.1) is 12.7 Å². The van der Waals surface area contributed by atoms with Gasteiger partial charge in [0.1, 0.15) is 5.82 Å². The molecule has 1 aliphatic heterocycles. The fourth-order valence-electron chi connectivity index (χ4n) is 2.86. The number of hydrogen-bond donors (Lipinski definition) is 0. The van der Waals surface area contributed by atoms with Gasteiger partial charge in [0.15, 0.2) is 0 Å². The number of aryl methyl sites for hydroxylation is 1. The summed E-state index contributed by atoms with van der Waals surface area (Å²) < 4.78 is 14.6. The van der Waals surface area contributed by atoms with Gasteiger partial charge in [-0.25, -0.2) is 4.39 Å². The maximum atomic E-state index is 13.0.